The van der Waals surface area contributed by atoms with Gasteiger partial charge in [0, 0.05) is 29.0 Å². The van der Waals surface area contributed by atoms with E-state index < -0.39 is 5.97 Å². The molecule has 3 rings (SSSR count). The number of hydrogen-bond acceptors (Lipinski definition) is 5. The highest BCUT2D eigenvalue weighted by Crippen LogP contribution is 2.32. The third kappa shape index (κ3) is 2.56. The number of aliphatic hydroxyl groups excluding tert-OH is 1. The van der Waals surface area contributed by atoms with Crippen LogP contribution in [0.15, 0.2) is 24.4 Å². The highest BCUT2D eigenvalue weighted by atomic mass is 16.5. The zero-order valence-corrected chi connectivity index (χ0v) is 13.0. The van der Waals surface area contributed by atoms with Crippen molar-refractivity contribution in [2.24, 2.45) is 0 Å². The van der Waals surface area contributed by atoms with E-state index >= 15 is 0 Å². The fourth-order valence-corrected chi connectivity index (χ4v) is 2.87. The maximum Gasteiger partial charge on any atom is 0.357 e. The highest BCUT2D eigenvalue weighted by Gasteiger charge is 2.21. The molecule has 0 spiro atoms. The lowest BCUT2D eigenvalue weighted by molar-refractivity contribution is 0.0514. The molecule has 2 N–H and O–H groups in total. The first kappa shape index (κ1) is 15.5. The normalized spacial score (nSPS) is 11.3. The van der Waals surface area contributed by atoms with Crippen LogP contribution in [0.5, 0.6) is 0 Å². The SMILES string of the molecule is CCOC(=O)c1ncc2[nH]c3cccc(CO)c3c2c1COC. The van der Waals surface area contributed by atoms with E-state index in [-0.39, 0.29) is 25.5 Å². The van der Waals surface area contributed by atoms with Crippen LogP contribution in [0.4, 0.5) is 0 Å². The van der Waals surface area contributed by atoms with Crippen LogP contribution in [0.1, 0.15) is 28.5 Å². The smallest absolute Gasteiger partial charge is 0.357 e. The molecular formula is C17H18N2O4. The van der Waals surface area contributed by atoms with Gasteiger partial charge in [-0.25, -0.2) is 9.78 Å². The van der Waals surface area contributed by atoms with Gasteiger partial charge in [0.25, 0.3) is 0 Å². The Balaban J connectivity index is 2.38. The first-order valence-electron chi connectivity index (χ1n) is 7.39. The van der Waals surface area contributed by atoms with E-state index in [1.807, 2.05) is 18.2 Å². The van der Waals surface area contributed by atoms with Crippen LogP contribution in [0.3, 0.4) is 0 Å². The first-order chi connectivity index (χ1) is 11.2. The van der Waals surface area contributed by atoms with Gasteiger partial charge >= 0.3 is 5.97 Å². The molecule has 3 aromatic rings. The lowest BCUT2D eigenvalue weighted by Crippen LogP contribution is -2.11. The van der Waals surface area contributed by atoms with Gasteiger partial charge in [0.1, 0.15) is 0 Å². The molecule has 6 heteroatoms. The third-order valence-corrected chi connectivity index (χ3v) is 3.78. The van der Waals surface area contributed by atoms with E-state index in [1.54, 1.807) is 20.2 Å². The molecule has 0 radical (unpaired) electrons. The van der Waals surface area contributed by atoms with E-state index in [2.05, 4.69) is 9.97 Å². The summed E-state index contributed by atoms with van der Waals surface area (Å²) in [5, 5.41) is 11.4. The van der Waals surface area contributed by atoms with Gasteiger partial charge in [-0.05, 0) is 18.6 Å². The molecule has 0 fully saturated rings. The number of carbonyl (C=O) groups is 1. The summed E-state index contributed by atoms with van der Waals surface area (Å²) in [5.41, 5.74) is 3.37. The molecule has 0 atom stereocenters. The summed E-state index contributed by atoms with van der Waals surface area (Å²) in [6, 6.07) is 5.66. The maximum absolute atomic E-state index is 12.2. The van der Waals surface area contributed by atoms with Crippen molar-refractivity contribution in [3.8, 4) is 0 Å². The molecule has 2 heterocycles. The zero-order valence-electron chi connectivity index (χ0n) is 13.0. The van der Waals surface area contributed by atoms with Gasteiger partial charge in [-0.2, -0.15) is 0 Å². The number of ether oxygens (including phenoxy) is 2. The second-order valence-electron chi connectivity index (χ2n) is 5.15. The molecule has 0 saturated carbocycles. The third-order valence-electron chi connectivity index (χ3n) is 3.78. The molecule has 0 saturated heterocycles. The number of hydrogen-bond donors (Lipinski definition) is 2. The molecular weight excluding hydrogens is 296 g/mol. The number of H-pyrrole nitrogens is 1. The molecule has 1 aromatic carbocycles. The lowest BCUT2D eigenvalue weighted by atomic mass is 10.0. The van der Waals surface area contributed by atoms with Crippen molar-refractivity contribution in [1.82, 2.24) is 9.97 Å². The van der Waals surface area contributed by atoms with Gasteiger partial charge in [-0.15, -0.1) is 0 Å². The van der Waals surface area contributed by atoms with E-state index in [4.69, 9.17) is 9.47 Å². The Morgan fingerprint density at radius 3 is 2.83 bits per heavy atom. The molecule has 2 aromatic heterocycles. The Bertz CT molecular complexity index is 870. The van der Waals surface area contributed by atoms with Gasteiger partial charge in [0.2, 0.25) is 0 Å². The Morgan fingerprint density at radius 2 is 2.13 bits per heavy atom. The van der Waals surface area contributed by atoms with Crippen molar-refractivity contribution in [3.05, 3.63) is 41.2 Å². The molecule has 0 aliphatic carbocycles. The summed E-state index contributed by atoms with van der Waals surface area (Å²) in [5.74, 6) is -0.475. The number of nitrogens with zero attached hydrogens (tertiary/aromatic N) is 1. The molecule has 0 bridgehead atoms. The van der Waals surface area contributed by atoms with Gasteiger partial charge in [-0.1, -0.05) is 12.1 Å². The van der Waals surface area contributed by atoms with Crippen molar-refractivity contribution in [3.63, 3.8) is 0 Å². The summed E-state index contributed by atoms with van der Waals surface area (Å²) in [6.07, 6.45) is 1.61. The van der Waals surface area contributed by atoms with E-state index in [1.165, 1.54) is 0 Å². The molecule has 0 amide bonds. The number of rotatable bonds is 5. The van der Waals surface area contributed by atoms with Crippen molar-refractivity contribution < 1.29 is 19.4 Å². The number of aliphatic hydroxyl groups is 1. The predicted octanol–water partition coefficient (Wildman–Crippen LogP) is 2.53. The fraction of sp³-hybridized carbons (Fsp3) is 0.294. The Kier molecular flexibility index (Phi) is 4.27. The monoisotopic (exact) mass is 314 g/mol. The Labute approximate surface area is 133 Å². The Morgan fingerprint density at radius 1 is 1.30 bits per heavy atom. The number of carbonyl (C=O) groups excluding carboxylic acids is 1. The van der Waals surface area contributed by atoms with E-state index in [9.17, 15) is 9.90 Å². The number of aromatic amines is 1. The second kappa shape index (κ2) is 6.36. The summed E-state index contributed by atoms with van der Waals surface area (Å²) in [4.78, 5) is 19.7. The minimum atomic E-state index is -0.475. The van der Waals surface area contributed by atoms with Gasteiger partial charge in [0.15, 0.2) is 5.69 Å². The quantitative estimate of drug-likeness (QED) is 0.707. The van der Waals surface area contributed by atoms with E-state index in [0.29, 0.717) is 5.56 Å². The summed E-state index contributed by atoms with van der Waals surface area (Å²) in [6.45, 7) is 2.17. The minimum absolute atomic E-state index is 0.0895. The van der Waals surface area contributed by atoms with Crippen LogP contribution in [-0.2, 0) is 22.7 Å². The molecule has 120 valence electrons. The summed E-state index contributed by atoms with van der Waals surface area (Å²) in [7, 11) is 1.57. The number of aromatic nitrogens is 2. The van der Waals surface area contributed by atoms with Crippen LogP contribution in [0.25, 0.3) is 21.8 Å². The number of pyridine rings is 1. The minimum Gasteiger partial charge on any atom is -0.461 e. The topological polar surface area (TPSA) is 84.4 Å². The zero-order chi connectivity index (χ0) is 16.4. The number of benzene rings is 1. The van der Waals surface area contributed by atoms with Crippen LogP contribution >= 0.6 is 0 Å². The Hall–Kier alpha value is -2.44. The van der Waals surface area contributed by atoms with Crippen molar-refractivity contribution >= 4 is 27.8 Å². The van der Waals surface area contributed by atoms with Crippen molar-refractivity contribution in [2.45, 2.75) is 20.1 Å². The molecule has 6 nitrogen and oxygen atoms in total. The summed E-state index contributed by atoms with van der Waals surface area (Å²) < 4.78 is 10.4. The van der Waals surface area contributed by atoms with E-state index in [0.717, 1.165) is 27.4 Å². The van der Waals surface area contributed by atoms with Gasteiger partial charge in [-0.3, -0.25) is 0 Å². The van der Waals surface area contributed by atoms with Crippen molar-refractivity contribution in [2.75, 3.05) is 13.7 Å². The number of nitrogens with one attached hydrogen (secondary N) is 1. The second-order valence-corrected chi connectivity index (χ2v) is 5.15. The first-order valence-corrected chi connectivity index (χ1v) is 7.39. The van der Waals surface area contributed by atoms with Gasteiger partial charge in [0.05, 0.1) is 31.5 Å². The van der Waals surface area contributed by atoms with Gasteiger partial charge < -0.3 is 19.6 Å². The van der Waals surface area contributed by atoms with Crippen LogP contribution in [0, 0.1) is 0 Å². The number of fused-ring (bicyclic) bond motifs is 3. The standard InChI is InChI=1S/C17H18N2O4/c1-3-23-17(21)16-11(9-22-2)15-13(7-18-16)19-12-6-4-5-10(8-20)14(12)15/h4-7,19-20H,3,8-9H2,1-2H3. The molecule has 0 aliphatic heterocycles. The highest BCUT2D eigenvalue weighted by molar-refractivity contribution is 6.12. The van der Waals surface area contributed by atoms with Crippen molar-refractivity contribution in [1.29, 1.82) is 0 Å². The largest absolute Gasteiger partial charge is 0.461 e. The maximum atomic E-state index is 12.2. The summed E-state index contributed by atoms with van der Waals surface area (Å²) >= 11 is 0. The van der Waals surface area contributed by atoms with Crippen LogP contribution < -0.4 is 0 Å². The number of methoxy groups -OCH3 is 1. The average molecular weight is 314 g/mol. The molecule has 0 unspecified atom stereocenters. The van der Waals surface area contributed by atoms with Crippen LogP contribution in [0.2, 0.25) is 0 Å². The number of esters is 1. The van der Waals surface area contributed by atoms with Crippen LogP contribution in [-0.4, -0.2) is 34.8 Å². The lowest BCUT2D eigenvalue weighted by Gasteiger charge is -2.10. The average Bonchev–Trinajstić information content (AvgIpc) is 2.94. The predicted molar refractivity (Wildman–Crippen MR) is 86.2 cm³/mol. The molecule has 23 heavy (non-hydrogen) atoms. The fourth-order valence-electron chi connectivity index (χ4n) is 2.87. The molecule has 0 aliphatic rings.